The largest absolute Gasteiger partial charge is 0.505 e. The summed E-state index contributed by atoms with van der Waals surface area (Å²) >= 11 is 0. The Morgan fingerprint density at radius 1 is 0.861 bits per heavy atom. The van der Waals surface area contributed by atoms with E-state index < -0.39 is 0 Å². The molecule has 0 aliphatic heterocycles. The maximum atomic E-state index is 10.7. The molecule has 3 aromatic carbocycles. The lowest BCUT2D eigenvalue weighted by molar-refractivity contribution is 0.397. The molecule has 6 rings (SSSR count). The van der Waals surface area contributed by atoms with Gasteiger partial charge < -0.3 is 14.6 Å². The summed E-state index contributed by atoms with van der Waals surface area (Å²) in [5.41, 5.74) is 4.31. The van der Waals surface area contributed by atoms with E-state index in [9.17, 15) is 5.11 Å². The Bertz CT molecular complexity index is 1770. The smallest absolute Gasteiger partial charge is 0.222 e. The van der Waals surface area contributed by atoms with Crippen LogP contribution in [0.25, 0.3) is 38.5 Å². The Morgan fingerprint density at radius 3 is 2.53 bits per heavy atom. The Hall–Kier alpha value is -4.58. The second-order valence-corrected chi connectivity index (χ2v) is 8.78. The maximum Gasteiger partial charge on any atom is 0.222 e. The molecule has 0 aliphatic carbocycles. The molecule has 3 heterocycles. The molecular weight excluding hydrogens is 450 g/mol. The van der Waals surface area contributed by atoms with Gasteiger partial charge in [-0.15, -0.1) is 0 Å². The highest BCUT2D eigenvalue weighted by atomic mass is 16.5. The number of phenols is 1. The van der Waals surface area contributed by atoms with Crippen LogP contribution in [0.3, 0.4) is 0 Å². The highest BCUT2D eigenvalue weighted by Gasteiger charge is 2.16. The van der Waals surface area contributed by atoms with Crippen molar-refractivity contribution in [3.63, 3.8) is 0 Å². The summed E-state index contributed by atoms with van der Waals surface area (Å²) < 4.78 is 13.8. The summed E-state index contributed by atoms with van der Waals surface area (Å²) in [6.07, 6.45) is 0.729. The lowest BCUT2D eigenvalue weighted by atomic mass is 10.1. The highest BCUT2D eigenvalue weighted by Crippen LogP contribution is 2.37. The molecule has 0 atom stereocenters. The van der Waals surface area contributed by atoms with E-state index in [0.717, 1.165) is 50.6 Å². The van der Waals surface area contributed by atoms with E-state index in [1.54, 1.807) is 7.11 Å². The van der Waals surface area contributed by atoms with Gasteiger partial charge in [0.25, 0.3) is 0 Å². The predicted molar refractivity (Wildman–Crippen MR) is 143 cm³/mol. The molecule has 6 nitrogen and oxygen atoms in total. The number of pyridine rings is 2. The van der Waals surface area contributed by atoms with Crippen LogP contribution in [0.2, 0.25) is 0 Å². The van der Waals surface area contributed by atoms with Crippen molar-refractivity contribution in [3.05, 3.63) is 90.0 Å². The van der Waals surface area contributed by atoms with Crippen LogP contribution in [0.1, 0.15) is 18.1 Å². The van der Waals surface area contributed by atoms with Gasteiger partial charge in [-0.05, 0) is 49.2 Å². The number of phenolic OH excluding ortho intramolecular Hbond substituents is 1. The molecule has 36 heavy (non-hydrogen) atoms. The van der Waals surface area contributed by atoms with Crippen molar-refractivity contribution in [2.75, 3.05) is 7.11 Å². The van der Waals surface area contributed by atoms with Crippen LogP contribution in [-0.4, -0.2) is 26.8 Å². The van der Waals surface area contributed by atoms with Crippen molar-refractivity contribution in [3.8, 4) is 29.1 Å². The number of nitrogens with zero attached hydrogens (tertiary/aromatic N) is 3. The fourth-order valence-electron chi connectivity index (χ4n) is 4.76. The van der Waals surface area contributed by atoms with Gasteiger partial charge in [0.1, 0.15) is 22.8 Å². The first-order valence-electron chi connectivity index (χ1n) is 11.9. The van der Waals surface area contributed by atoms with Crippen LogP contribution in [-0.2, 0) is 6.42 Å². The number of hydrogen-bond acceptors (Lipinski definition) is 5. The Balaban J connectivity index is 1.51. The molecule has 3 aromatic heterocycles. The number of aromatic hydroxyl groups is 1. The summed E-state index contributed by atoms with van der Waals surface area (Å²) in [6.45, 7) is 3.97. The van der Waals surface area contributed by atoms with Crippen molar-refractivity contribution in [1.29, 1.82) is 0 Å². The van der Waals surface area contributed by atoms with Gasteiger partial charge >= 0.3 is 0 Å². The third-order valence-electron chi connectivity index (χ3n) is 6.58. The Kier molecular flexibility index (Phi) is 5.22. The molecule has 178 valence electrons. The molecule has 0 unspecified atom stereocenters. The molecule has 1 N–H and O–H groups in total. The monoisotopic (exact) mass is 475 g/mol. The number of aromatic nitrogens is 3. The number of benzene rings is 3. The van der Waals surface area contributed by atoms with Crippen molar-refractivity contribution >= 4 is 32.7 Å². The minimum absolute atomic E-state index is 0.208. The average Bonchev–Trinajstić information content (AvgIpc) is 3.23. The molecule has 0 aliphatic rings. The SMILES string of the molecule is CCc1ccc2cc(C)c(Oc3ccc4c5ccccc5n(-c5cccc(OC)n5)c4c3)nc2c1O. The standard InChI is InChI=1S/C30H25N3O3/c1-4-19-12-13-20-16-18(2)30(32-28(20)29(19)34)36-21-14-15-23-22-8-5-6-9-24(22)33(25(23)17-21)26-10-7-11-27(31-26)35-3/h5-17,34H,4H2,1-3H3. The van der Waals surface area contributed by atoms with Crippen LogP contribution in [0.15, 0.2) is 78.9 Å². The minimum atomic E-state index is 0.208. The quantitative estimate of drug-likeness (QED) is 0.288. The van der Waals surface area contributed by atoms with Crippen molar-refractivity contribution in [2.24, 2.45) is 0 Å². The van der Waals surface area contributed by atoms with Gasteiger partial charge in [0.2, 0.25) is 11.8 Å². The van der Waals surface area contributed by atoms with Crippen molar-refractivity contribution in [1.82, 2.24) is 14.5 Å². The van der Waals surface area contributed by atoms with Crippen LogP contribution in [0.5, 0.6) is 23.3 Å². The zero-order valence-electron chi connectivity index (χ0n) is 20.3. The molecule has 6 aromatic rings. The van der Waals surface area contributed by atoms with Crippen LogP contribution in [0, 0.1) is 6.92 Å². The number of aryl methyl sites for hydroxylation is 2. The number of hydrogen-bond donors (Lipinski definition) is 1. The topological polar surface area (TPSA) is 69.4 Å². The first kappa shape index (κ1) is 21.9. The normalized spacial score (nSPS) is 11.4. The van der Waals surface area contributed by atoms with Gasteiger partial charge in [0.05, 0.1) is 18.1 Å². The van der Waals surface area contributed by atoms with Crippen molar-refractivity contribution < 1.29 is 14.6 Å². The van der Waals surface area contributed by atoms with Crippen LogP contribution in [0.4, 0.5) is 0 Å². The van der Waals surface area contributed by atoms with E-state index in [4.69, 9.17) is 14.5 Å². The zero-order chi connectivity index (χ0) is 24.8. The minimum Gasteiger partial charge on any atom is -0.505 e. The predicted octanol–water partition coefficient (Wildman–Crippen LogP) is 7.10. The van der Waals surface area contributed by atoms with Gasteiger partial charge in [-0.1, -0.05) is 43.3 Å². The fraction of sp³-hybridized carbons (Fsp3) is 0.133. The first-order chi connectivity index (χ1) is 17.6. The molecule has 0 saturated carbocycles. The van der Waals surface area contributed by atoms with E-state index >= 15 is 0 Å². The molecule has 0 radical (unpaired) electrons. The van der Waals surface area contributed by atoms with E-state index in [1.165, 1.54) is 0 Å². The van der Waals surface area contributed by atoms with E-state index in [2.05, 4.69) is 27.8 Å². The molecular formula is C30H25N3O3. The molecule has 0 bridgehead atoms. The maximum absolute atomic E-state index is 10.7. The van der Waals surface area contributed by atoms with Gasteiger partial charge in [-0.25, -0.2) is 4.98 Å². The Labute approximate surface area is 208 Å². The number of ether oxygens (including phenoxy) is 2. The second kappa shape index (κ2) is 8.57. The summed E-state index contributed by atoms with van der Waals surface area (Å²) in [4.78, 5) is 9.38. The second-order valence-electron chi connectivity index (χ2n) is 8.78. The third kappa shape index (κ3) is 3.50. The number of rotatable bonds is 5. The zero-order valence-corrected chi connectivity index (χ0v) is 20.3. The van der Waals surface area contributed by atoms with Gasteiger partial charge in [0, 0.05) is 33.9 Å². The van der Waals surface area contributed by atoms with Crippen molar-refractivity contribution in [2.45, 2.75) is 20.3 Å². The van der Waals surface area contributed by atoms with Crippen LogP contribution >= 0.6 is 0 Å². The molecule has 0 spiro atoms. The van der Waals surface area contributed by atoms with Gasteiger partial charge in [0.15, 0.2) is 0 Å². The first-order valence-corrected chi connectivity index (χ1v) is 11.9. The lowest BCUT2D eigenvalue weighted by Crippen LogP contribution is -1.99. The molecule has 0 fully saturated rings. The average molecular weight is 476 g/mol. The number of para-hydroxylation sites is 1. The molecule has 6 heteroatoms. The van der Waals surface area contributed by atoms with E-state index in [0.29, 0.717) is 23.0 Å². The van der Waals surface area contributed by atoms with E-state index in [1.807, 2.05) is 74.5 Å². The van der Waals surface area contributed by atoms with Gasteiger partial charge in [-0.3, -0.25) is 4.57 Å². The fourth-order valence-corrected chi connectivity index (χ4v) is 4.76. The molecule has 0 amide bonds. The summed E-state index contributed by atoms with van der Waals surface area (Å²) in [5.74, 6) is 2.63. The number of methoxy groups -OCH3 is 1. The lowest BCUT2D eigenvalue weighted by Gasteiger charge is -2.12. The van der Waals surface area contributed by atoms with Crippen LogP contribution < -0.4 is 9.47 Å². The van der Waals surface area contributed by atoms with Gasteiger partial charge in [-0.2, -0.15) is 4.98 Å². The summed E-state index contributed by atoms with van der Waals surface area (Å²) in [5, 5.41) is 13.8. The third-order valence-corrected chi connectivity index (χ3v) is 6.58. The summed E-state index contributed by atoms with van der Waals surface area (Å²) in [6, 6.07) is 25.9. The number of fused-ring (bicyclic) bond motifs is 4. The highest BCUT2D eigenvalue weighted by molar-refractivity contribution is 6.09. The summed E-state index contributed by atoms with van der Waals surface area (Å²) in [7, 11) is 1.62. The Morgan fingerprint density at radius 2 is 1.69 bits per heavy atom. The molecule has 0 saturated heterocycles. The van der Waals surface area contributed by atoms with E-state index in [-0.39, 0.29) is 5.75 Å².